The lowest BCUT2D eigenvalue weighted by Gasteiger charge is -2.36. The van der Waals surface area contributed by atoms with Crippen molar-refractivity contribution in [3.63, 3.8) is 0 Å². The standard InChI is InChI=1S/C18H22.C2H6.CH4/c1-4-15(2)18(3,16-11-7-5-8-12-16)17-13-9-6-10-14-17;1-2;/h5-15H,4H2,1-3H3;1-2H3;1H4. The highest BCUT2D eigenvalue weighted by atomic mass is 14.4. The van der Waals surface area contributed by atoms with Crippen molar-refractivity contribution < 1.29 is 0 Å². The maximum Gasteiger partial charge on any atom is 0.0200 e. The minimum atomic E-state index is 0. The van der Waals surface area contributed by atoms with E-state index in [0.717, 1.165) is 0 Å². The fraction of sp³-hybridized carbons (Fsp3) is 0.429. The molecule has 0 amide bonds. The van der Waals surface area contributed by atoms with E-state index in [1.807, 2.05) is 13.8 Å². The van der Waals surface area contributed by atoms with Gasteiger partial charge in [0, 0.05) is 5.41 Å². The van der Waals surface area contributed by atoms with Crippen molar-refractivity contribution in [2.24, 2.45) is 5.92 Å². The molecule has 0 heterocycles. The first-order valence-corrected chi connectivity index (χ1v) is 7.80. The summed E-state index contributed by atoms with van der Waals surface area (Å²) in [5.74, 6) is 0.613. The van der Waals surface area contributed by atoms with Gasteiger partial charge in [-0.05, 0) is 17.0 Å². The summed E-state index contributed by atoms with van der Waals surface area (Å²) in [6.45, 7) is 11.0. The molecule has 0 bridgehead atoms. The summed E-state index contributed by atoms with van der Waals surface area (Å²) in [6.07, 6.45) is 1.18. The lowest BCUT2D eigenvalue weighted by atomic mass is 9.67. The van der Waals surface area contributed by atoms with E-state index < -0.39 is 0 Å². The summed E-state index contributed by atoms with van der Waals surface area (Å²) in [5.41, 5.74) is 2.91. The largest absolute Gasteiger partial charge is 0.0776 e. The van der Waals surface area contributed by atoms with E-state index in [0.29, 0.717) is 5.92 Å². The molecule has 21 heavy (non-hydrogen) atoms. The van der Waals surface area contributed by atoms with Crippen LogP contribution in [0.15, 0.2) is 60.7 Å². The highest BCUT2D eigenvalue weighted by Crippen LogP contribution is 2.40. The minimum absolute atomic E-state index is 0. The Balaban J connectivity index is 0.00000128. The smallest absolute Gasteiger partial charge is 0.0200 e. The molecule has 0 aromatic heterocycles. The van der Waals surface area contributed by atoms with Crippen LogP contribution in [0, 0.1) is 5.92 Å². The Morgan fingerprint density at radius 1 is 0.810 bits per heavy atom. The summed E-state index contributed by atoms with van der Waals surface area (Å²) >= 11 is 0. The van der Waals surface area contributed by atoms with Crippen molar-refractivity contribution in [1.29, 1.82) is 0 Å². The van der Waals surface area contributed by atoms with Crippen LogP contribution in [0.5, 0.6) is 0 Å². The van der Waals surface area contributed by atoms with Gasteiger partial charge in [-0.15, -0.1) is 0 Å². The second-order valence-corrected chi connectivity index (χ2v) is 5.24. The summed E-state index contributed by atoms with van der Waals surface area (Å²) < 4.78 is 0. The zero-order chi connectivity index (χ0) is 15.0. The topological polar surface area (TPSA) is 0 Å². The van der Waals surface area contributed by atoms with Crippen LogP contribution in [0.1, 0.15) is 59.6 Å². The van der Waals surface area contributed by atoms with Gasteiger partial charge >= 0.3 is 0 Å². The molecule has 0 aliphatic carbocycles. The van der Waals surface area contributed by atoms with Crippen molar-refractivity contribution in [1.82, 2.24) is 0 Å². The molecule has 116 valence electrons. The lowest BCUT2D eigenvalue weighted by molar-refractivity contribution is 0.364. The van der Waals surface area contributed by atoms with E-state index in [1.165, 1.54) is 17.5 Å². The Morgan fingerprint density at radius 2 is 1.14 bits per heavy atom. The molecule has 0 fully saturated rings. The normalized spacial score (nSPS) is 11.7. The molecule has 0 spiro atoms. The molecule has 0 nitrogen and oxygen atoms in total. The summed E-state index contributed by atoms with van der Waals surface area (Å²) in [4.78, 5) is 0. The molecule has 2 aromatic carbocycles. The fourth-order valence-corrected chi connectivity index (χ4v) is 2.71. The zero-order valence-corrected chi connectivity index (χ0v) is 13.6. The van der Waals surface area contributed by atoms with Crippen molar-refractivity contribution in [2.75, 3.05) is 0 Å². The third kappa shape index (κ3) is 4.20. The van der Waals surface area contributed by atoms with E-state index in [1.54, 1.807) is 0 Å². The van der Waals surface area contributed by atoms with Crippen molar-refractivity contribution >= 4 is 0 Å². The van der Waals surface area contributed by atoms with Crippen LogP contribution < -0.4 is 0 Å². The summed E-state index contributed by atoms with van der Waals surface area (Å²) in [5, 5.41) is 0. The van der Waals surface area contributed by atoms with Crippen LogP contribution in [0.3, 0.4) is 0 Å². The summed E-state index contributed by atoms with van der Waals surface area (Å²) in [6, 6.07) is 21.7. The molecule has 0 N–H and O–H groups in total. The predicted molar refractivity (Wildman–Crippen MR) is 96.9 cm³/mol. The predicted octanol–water partition coefficient (Wildman–Crippen LogP) is 6.70. The van der Waals surface area contributed by atoms with Gasteiger partial charge in [-0.3, -0.25) is 0 Å². The molecule has 0 saturated carbocycles. The SMILES string of the molecule is C.CC.CCC(C)C(C)(c1ccccc1)c1ccccc1. The number of benzene rings is 2. The molecule has 0 heteroatoms. The third-order valence-corrected chi connectivity index (χ3v) is 4.34. The van der Waals surface area contributed by atoms with Gasteiger partial charge in [0.2, 0.25) is 0 Å². The molecule has 0 aliphatic heterocycles. The Hall–Kier alpha value is -1.56. The van der Waals surface area contributed by atoms with Gasteiger partial charge in [0.25, 0.3) is 0 Å². The maximum atomic E-state index is 2.37. The quantitative estimate of drug-likeness (QED) is 0.586. The van der Waals surface area contributed by atoms with Gasteiger partial charge in [-0.1, -0.05) is 109 Å². The zero-order valence-electron chi connectivity index (χ0n) is 13.6. The highest BCUT2D eigenvalue weighted by molar-refractivity contribution is 5.39. The molecule has 0 saturated heterocycles. The molecule has 2 aromatic rings. The lowest BCUT2D eigenvalue weighted by Crippen LogP contribution is -2.31. The van der Waals surface area contributed by atoms with Crippen LogP contribution in [0.2, 0.25) is 0 Å². The first-order valence-electron chi connectivity index (χ1n) is 7.80. The van der Waals surface area contributed by atoms with Gasteiger partial charge in [0.1, 0.15) is 0 Å². The Bertz CT molecular complexity index is 430. The van der Waals surface area contributed by atoms with Crippen LogP contribution in [-0.4, -0.2) is 0 Å². The molecular weight excluding hydrogens is 252 g/mol. The van der Waals surface area contributed by atoms with Crippen molar-refractivity contribution in [2.45, 2.75) is 53.9 Å². The van der Waals surface area contributed by atoms with Crippen molar-refractivity contribution in [3.05, 3.63) is 71.8 Å². The average Bonchev–Trinajstić information content (AvgIpc) is 2.56. The van der Waals surface area contributed by atoms with E-state index in [9.17, 15) is 0 Å². The van der Waals surface area contributed by atoms with Gasteiger partial charge in [-0.25, -0.2) is 0 Å². The van der Waals surface area contributed by atoms with Crippen LogP contribution in [-0.2, 0) is 5.41 Å². The average molecular weight is 284 g/mol. The van der Waals surface area contributed by atoms with Gasteiger partial charge in [-0.2, -0.15) is 0 Å². The van der Waals surface area contributed by atoms with E-state index in [-0.39, 0.29) is 12.8 Å². The Kier molecular flexibility index (Phi) is 8.69. The third-order valence-electron chi connectivity index (χ3n) is 4.34. The first kappa shape index (κ1) is 19.4. The van der Waals surface area contributed by atoms with E-state index in [4.69, 9.17) is 0 Å². The number of hydrogen-bond donors (Lipinski definition) is 0. The minimum Gasteiger partial charge on any atom is -0.0776 e. The van der Waals surface area contributed by atoms with Crippen molar-refractivity contribution in [3.8, 4) is 0 Å². The molecule has 0 aliphatic rings. The molecule has 1 atom stereocenters. The maximum absolute atomic E-state index is 2.37. The number of hydrogen-bond acceptors (Lipinski definition) is 0. The van der Waals surface area contributed by atoms with Gasteiger partial charge < -0.3 is 0 Å². The Labute approximate surface area is 132 Å². The van der Waals surface area contributed by atoms with E-state index in [2.05, 4.69) is 81.4 Å². The van der Waals surface area contributed by atoms with Gasteiger partial charge in [0.15, 0.2) is 0 Å². The van der Waals surface area contributed by atoms with E-state index >= 15 is 0 Å². The molecule has 0 radical (unpaired) electrons. The van der Waals surface area contributed by atoms with Crippen LogP contribution in [0.4, 0.5) is 0 Å². The monoisotopic (exact) mass is 284 g/mol. The van der Waals surface area contributed by atoms with Crippen LogP contribution in [0.25, 0.3) is 0 Å². The van der Waals surface area contributed by atoms with Crippen LogP contribution >= 0.6 is 0 Å². The highest BCUT2D eigenvalue weighted by Gasteiger charge is 2.33. The second kappa shape index (κ2) is 9.39. The second-order valence-electron chi connectivity index (χ2n) is 5.24. The Morgan fingerprint density at radius 3 is 1.43 bits per heavy atom. The first-order chi connectivity index (χ1) is 9.69. The summed E-state index contributed by atoms with van der Waals surface area (Å²) in [7, 11) is 0. The molecular formula is C21H32. The fourth-order valence-electron chi connectivity index (χ4n) is 2.71. The number of rotatable bonds is 4. The molecule has 2 rings (SSSR count). The molecule has 1 unspecified atom stereocenters. The van der Waals surface area contributed by atoms with Gasteiger partial charge in [0.05, 0.1) is 0 Å².